The van der Waals surface area contributed by atoms with Crippen molar-refractivity contribution in [3.63, 3.8) is 0 Å². The summed E-state index contributed by atoms with van der Waals surface area (Å²) in [5.41, 5.74) is -0.429. The highest BCUT2D eigenvalue weighted by molar-refractivity contribution is 5.32. The Labute approximate surface area is 102 Å². The Bertz CT molecular complexity index is 573. The van der Waals surface area contributed by atoms with E-state index in [2.05, 4.69) is 15.2 Å². The molecule has 1 saturated heterocycles. The van der Waals surface area contributed by atoms with E-state index in [1.54, 1.807) is 0 Å². The van der Waals surface area contributed by atoms with Crippen molar-refractivity contribution < 1.29 is 13.5 Å². The molecule has 0 aliphatic carbocycles. The summed E-state index contributed by atoms with van der Waals surface area (Å²) in [6.45, 7) is 1.84. The van der Waals surface area contributed by atoms with Crippen molar-refractivity contribution in [2.75, 3.05) is 0 Å². The number of aromatic nitrogens is 3. The van der Waals surface area contributed by atoms with Crippen LogP contribution in [0, 0.1) is 11.6 Å². The standard InChI is InChI=1S/C12H11F2N3O/c1-7-12(18-7,5-11-15-6-16-17-11)9-3-2-8(13)4-10(9)14/h2-4,6-7H,5H2,1H3,(H,15,16,17). The number of nitrogens with one attached hydrogen (secondary N) is 1. The number of ether oxygens (including phenoxy) is 1. The van der Waals surface area contributed by atoms with E-state index >= 15 is 0 Å². The SMILES string of the molecule is CC1OC1(Cc1nc[nH]n1)c1ccc(F)cc1F. The first-order valence-electron chi connectivity index (χ1n) is 5.60. The molecule has 2 heterocycles. The topological polar surface area (TPSA) is 54.1 Å². The maximum atomic E-state index is 13.8. The Morgan fingerprint density at radius 2 is 2.22 bits per heavy atom. The predicted molar refractivity (Wildman–Crippen MR) is 58.7 cm³/mol. The Balaban J connectivity index is 1.97. The van der Waals surface area contributed by atoms with Crippen LogP contribution >= 0.6 is 0 Å². The van der Waals surface area contributed by atoms with Crippen LogP contribution in [0.15, 0.2) is 24.5 Å². The van der Waals surface area contributed by atoms with Crippen LogP contribution < -0.4 is 0 Å². The van der Waals surface area contributed by atoms with E-state index in [0.29, 0.717) is 17.8 Å². The molecule has 6 heteroatoms. The normalized spacial score (nSPS) is 26.3. The molecule has 3 rings (SSSR count). The molecule has 0 radical (unpaired) electrons. The van der Waals surface area contributed by atoms with Gasteiger partial charge in [-0.25, -0.2) is 13.8 Å². The van der Waals surface area contributed by atoms with Gasteiger partial charge in [-0.2, -0.15) is 5.10 Å². The van der Waals surface area contributed by atoms with Gasteiger partial charge in [-0.15, -0.1) is 0 Å². The number of epoxide rings is 1. The van der Waals surface area contributed by atoms with Crippen molar-refractivity contribution in [2.24, 2.45) is 0 Å². The molecule has 0 bridgehead atoms. The van der Waals surface area contributed by atoms with E-state index in [9.17, 15) is 8.78 Å². The monoisotopic (exact) mass is 251 g/mol. The van der Waals surface area contributed by atoms with Crippen molar-refractivity contribution >= 4 is 0 Å². The molecular formula is C12H11F2N3O. The maximum Gasteiger partial charge on any atom is 0.153 e. The highest BCUT2D eigenvalue weighted by Crippen LogP contribution is 2.49. The zero-order valence-electron chi connectivity index (χ0n) is 9.65. The average Bonchev–Trinajstić information content (AvgIpc) is 2.75. The third kappa shape index (κ3) is 1.69. The van der Waals surface area contributed by atoms with Gasteiger partial charge >= 0.3 is 0 Å². The molecule has 0 amide bonds. The van der Waals surface area contributed by atoms with E-state index in [0.717, 1.165) is 6.07 Å². The molecule has 4 nitrogen and oxygen atoms in total. The van der Waals surface area contributed by atoms with Crippen LogP contribution in [-0.2, 0) is 16.8 Å². The smallest absolute Gasteiger partial charge is 0.153 e. The van der Waals surface area contributed by atoms with Gasteiger partial charge in [0.15, 0.2) is 5.82 Å². The van der Waals surface area contributed by atoms with E-state index < -0.39 is 17.2 Å². The summed E-state index contributed by atoms with van der Waals surface area (Å²) in [6, 6.07) is 3.51. The Morgan fingerprint density at radius 3 is 2.78 bits per heavy atom. The number of benzene rings is 1. The first kappa shape index (κ1) is 11.3. The zero-order valence-corrected chi connectivity index (χ0v) is 9.65. The van der Waals surface area contributed by atoms with Crippen LogP contribution in [0.3, 0.4) is 0 Å². The number of rotatable bonds is 3. The third-order valence-electron chi connectivity index (χ3n) is 3.26. The molecular weight excluding hydrogens is 240 g/mol. The minimum atomic E-state index is -0.778. The number of H-pyrrole nitrogens is 1. The first-order chi connectivity index (χ1) is 8.62. The summed E-state index contributed by atoms with van der Waals surface area (Å²) >= 11 is 0. The van der Waals surface area contributed by atoms with Crippen molar-refractivity contribution in [3.8, 4) is 0 Å². The van der Waals surface area contributed by atoms with Gasteiger partial charge in [-0.05, 0) is 13.0 Å². The number of hydrogen-bond acceptors (Lipinski definition) is 3. The second-order valence-corrected chi connectivity index (χ2v) is 4.37. The zero-order chi connectivity index (χ0) is 12.8. The van der Waals surface area contributed by atoms with Crippen LogP contribution in [0.25, 0.3) is 0 Å². The average molecular weight is 251 g/mol. The summed E-state index contributed by atoms with van der Waals surface area (Å²) in [6.07, 6.45) is 1.67. The minimum Gasteiger partial charge on any atom is -0.361 e. The molecule has 1 aromatic carbocycles. The van der Waals surface area contributed by atoms with Gasteiger partial charge in [-0.1, -0.05) is 6.07 Å². The molecule has 1 aliphatic rings. The van der Waals surface area contributed by atoms with Crippen molar-refractivity contribution in [3.05, 3.63) is 47.5 Å². The van der Waals surface area contributed by atoms with Gasteiger partial charge in [0.1, 0.15) is 23.6 Å². The molecule has 18 heavy (non-hydrogen) atoms. The first-order valence-corrected chi connectivity index (χ1v) is 5.60. The fourth-order valence-electron chi connectivity index (χ4n) is 2.23. The quantitative estimate of drug-likeness (QED) is 0.848. The lowest BCUT2D eigenvalue weighted by Crippen LogP contribution is -2.18. The maximum absolute atomic E-state index is 13.8. The number of hydrogen-bond donors (Lipinski definition) is 1. The lowest BCUT2D eigenvalue weighted by molar-refractivity contribution is 0.287. The minimum absolute atomic E-state index is 0.143. The summed E-state index contributed by atoms with van der Waals surface area (Å²) in [5.74, 6) is -0.657. The Hall–Kier alpha value is -1.82. The van der Waals surface area contributed by atoms with Gasteiger partial charge < -0.3 is 4.74 Å². The molecule has 1 aliphatic heterocycles. The molecule has 2 unspecified atom stereocenters. The van der Waals surface area contributed by atoms with Gasteiger partial charge in [0.05, 0.1) is 6.10 Å². The summed E-state index contributed by atoms with van der Waals surface area (Å²) in [7, 11) is 0. The molecule has 0 saturated carbocycles. The van der Waals surface area contributed by atoms with Crippen LogP contribution in [0.5, 0.6) is 0 Å². The second-order valence-electron chi connectivity index (χ2n) is 4.37. The van der Waals surface area contributed by atoms with Crippen molar-refractivity contribution in [2.45, 2.75) is 25.0 Å². The molecule has 0 spiro atoms. The van der Waals surface area contributed by atoms with Gasteiger partial charge in [0, 0.05) is 18.1 Å². The van der Waals surface area contributed by atoms with Gasteiger partial charge in [-0.3, -0.25) is 5.10 Å². The highest BCUT2D eigenvalue weighted by atomic mass is 19.1. The highest BCUT2D eigenvalue weighted by Gasteiger charge is 2.56. The van der Waals surface area contributed by atoms with Crippen LogP contribution in [0.1, 0.15) is 18.3 Å². The number of aromatic amines is 1. The fraction of sp³-hybridized carbons (Fsp3) is 0.333. The van der Waals surface area contributed by atoms with Crippen molar-refractivity contribution in [1.29, 1.82) is 0 Å². The molecule has 1 aromatic heterocycles. The fourth-order valence-corrected chi connectivity index (χ4v) is 2.23. The lowest BCUT2D eigenvalue weighted by Gasteiger charge is -2.12. The van der Waals surface area contributed by atoms with E-state index in [1.165, 1.54) is 18.5 Å². The summed E-state index contributed by atoms with van der Waals surface area (Å²) < 4.78 is 32.3. The second kappa shape index (κ2) is 3.84. The van der Waals surface area contributed by atoms with Crippen LogP contribution in [0.2, 0.25) is 0 Å². The van der Waals surface area contributed by atoms with E-state index in [1.807, 2.05) is 6.92 Å². The van der Waals surface area contributed by atoms with E-state index in [4.69, 9.17) is 4.74 Å². The van der Waals surface area contributed by atoms with Crippen LogP contribution in [0.4, 0.5) is 8.78 Å². The molecule has 1 fully saturated rings. The third-order valence-corrected chi connectivity index (χ3v) is 3.26. The summed E-state index contributed by atoms with van der Waals surface area (Å²) in [5, 5.41) is 6.54. The molecule has 1 N–H and O–H groups in total. The predicted octanol–water partition coefficient (Wildman–Crippen LogP) is 1.94. The lowest BCUT2D eigenvalue weighted by atomic mass is 9.91. The molecule has 94 valence electrons. The molecule has 2 aromatic rings. The molecule has 2 atom stereocenters. The number of nitrogens with zero attached hydrogens (tertiary/aromatic N) is 2. The van der Waals surface area contributed by atoms with Crippen molar-refractivity contribution in [1.82, 2.24) is 15.2 Å². The Kier molecular flexibility index (Phi) is 2.41. The largest absolute Gasteiger partial charge is 0.361 e. The summed E-state index contributed by atoms with van der Waals surface area (Å²) in [4.78, 5) is 4.01. The van der Waals surface area contributed by atoms with E-state index in [-0.39, 0.29) is 6.10 Å². The number of halogens is 2. The Morgan fingerprint density at radius 1 is 1.44 bits per heavy atom. The van der Waals surface area contributed by atoms with Gasteiger partial charge in [0.2, 0.25) is 0 Å². The van der Waals surface area contributed by atoms with Crippen LogP contribution in [-0.4, -0.2) is 21.3 Å². The van der Waals surface area contributed by atoms with Gasteiger partial charge in [0.25, 0.3) is 0 Å².